The van der Waals surface area contributed by atoms with E-state index in [0.29, 0.717) is 5.89 Å². The number of anilines is 3. The van der Waals surface area contributed by atoms with Crippen molar-refractivity contribution in [3.8, 4) is 22.6 Å². The molecule has 9 rings (SSSR count). The number of fused-ring (bicyclic) bond motifs is 6. The fourth-order valence-electron chi connectivity index (χ4n) is 6.39. The second-order valence-corrected chi connectivity index (χ2v) is 11.2. The summed E-state index contributed by atoms with van der Waals surface area (Å²) < 4.78 is 12.4. The molecule has 0 spiro atoms. The van der Waals surface area contributed by atoms with Crippen molar-refractivity contribution in [3.05, 3.63) is 158 Å². The van der Waals surface area contributed by atoms with Crippen molar-refractivity contribution in [2.75, 3.05) is 4.90 Å². The Bertz CT molecular complexity index is 2490. The standard InChI is InChI=1S/C41H26N2O2/c1-3-11-28(12-4-1)41-42-40-35-26-32(23-21-27(35)22-24-38(40)45-41)43(30-14-5-2-6-15-30)31-16-9-13-29(25-31)33-18-10-20-37-39(33)34-17-7-8-19-36(34)44-37/h1-26H. The van der Waals surface area contributed by atoms with Crippen LogP contribution < -0.4 is 4.90 Å². The molecule has 0 aliphatic rings. The summed E-state index contributed by atoms with van der Waals surface area (Å²) in [4.78, 5) is 7.26. The number of rotatable bonds is 5. The van der Waals surface area contributed by atoms with Gasteiger partial charge in [0.1, 0.15) is 16.7 Å². The SMILES string of the molecule is c1ccc(-c2nc3c(ccc4ccc(N(c5ccccc5)c5cccc(-c6cccc7oc8ccccc8c67)c5)cc43)o2)cc1. The third kappa shape index (κ3) is 4.27. The molecule has 2 heterocycles. The second kappa shape index (κ2) is 10.2. The average Bonchev–Trinajstić information content (AvgIpc) is 3.72. The Balaban J connectivity index is 1.22. The highest BCUT2D eigenvalue weighted by Gasteiger charge is 2.18. The Hall–Kier alpha value is -6.13. The number of benzene rings is 7. The number of para-hydroxylation sites is 2. The predicted octanol–water partition coefficient (Wildman–Crippen LogP) is 11.7. The molecule has 0 N–H and O–H groups in total. The first-order valence-electron chi connectivity index (χ1n) is 15.0. The first kappa shape index (κ1) is 25.4. The van der Waals surface area contributed by atoms with Crippen LogP contribution in [0.2, 0.25) is 0 Å². The Morgan fingerprint density at radius 2 is 1.13 bits per heavy atom. The molecule has 0 fully saturated rings. The maximum atomic E-state index is 6.22. The molecule has 0 radical (unpaired) electrons. The van der Waals surface area contributed by atoms with Gasteiger partial charge in [0.15, 0.2) is 5.58 Å². The Kier molecular flexibility index (Phi) is 5.78. The third-order valence-corrected chi connectivity index (χ3v) is 8.47. The lowest BCUT2D eigenvalue weighted by Crippen LogP contribution is -2.09. The van der Waals surface area contributed by atoms with Crippen LogP contribution in [0.25, 0.3) is 66.4 Å². The largest absolute Gasteiger partial charge is 0.456 e. The van der Waals surface area contributed by atoms with Gasteiger partial charge in [-0.15, -0.1) is 0 Å². The van der Waals surface area contributed by atoms with E-state index in [1.165, 1.54) is 0 Å². The van der Waals surface area contributed by atoms with Crippen LogP contribution in [0.3, 0.4) is 0 Å². The van der Waals surface area contributed by atoms with Gasteiger partial charge in [-0.05, 0) is 83.2 Å². The molecule has 45 heavy (non-hydrogen) atoms. The topological polar surface area (TPSA) is 42.4 Å². The van der Waals surface area contributed by atoms with E-state index >= 15 is 0 Å². The van der Waals surface area contributed by atoms with Gasteiger partial charge in [0.25, 0.3) is 0 Å². The zero-order valence-corrected chi connectivity index (χ0v) is 24.2. The molecule has 212 valence electrons. The van der Waals surface area contributed by atoms with Crippen molar-refractivity contribution >= 4 is 60.9 Å². The molecule has 0 saturated heterocycles. The number of hydrogen-bond acceptors (Lipinski definition) is 4. The minimum atomic E-state index is 0.622. The third-order valence-electron chi connectivity index (χ3n) is 8.47. The Morgan fingerprint density at radius 3 is 2.02 bits per heavy atom. The first-order valence-corrected chi connectivity index (χ1v) is 15.0. The summed E-state index contributed by atoms with van der Waals surface area (Å²) in [6, 6.07) is 54.5. The average molecular weight is 579 g/mol. The lowest BCUT2D eigenvalue weighted by atomic mass is 9.98. The summed E-state index contributed by atoms with van der Waals surface area (Å²) in [5, 5.41) is 4.40. The first-order chi connectivity index (χ1) is 22.3. The molecule has 9 aromatic rings. The van der Waals surface area contributed by atoms with Crippen LogP contribution in [0.15, 0.2) is 167 Å². The molecule has 4 nitrogen and oxygen atoms in total. The van der Waals surface area contributed by atoms with Gasteiger partial charge in [-0.3, -0.25) is 0 Å². The van der Waals surface area contributed by atoms with Gasteiger partial charge in [0.2, 0.25) is 5.89 Å². The van der Waals surface area contributed by atoms with Crippen LogP contribution >= 0.6 is 0 Å². The quantitative estimate of drug-likeness (QED) is 0.204. The van der Waals surface area contributed by atoms with Gasteiger partial charge >= 0.3 is 0 Å². The lowest BCUT2D eigenvalue weighted by molar-refractivity contribution is 0.620. The van der Waals surface area contributed by atoms with E-state index < -0.39 is 0 Å². The zero-order valence-electron chi connectivity index (χ0n) is 24.2. The summed E-state index contributed by atoms with van der Waals surface area (Å²) in [5.74, 6) is 0.622. The fraction of sp³-hybridized carbons (Fsp3) is 0. The molecule has 0 bridgehead atoms. The summed E-state index contributed by atoms with van der Waals surface area (Å²) in [6.45, 7) is 0. The number of nitrogens with zero attached hydrogens (tertiary/aromatic N) is 2. The fourth-order valence-corrected chi connectivity index (χ4v) is 6.39. The summed E-state index contributed by atoms with van der Waals surface area (Å²) in [6.07, 6.45) is 0. The highest BCUT2D eigenvalue weighted by molar-refractivity contribution is 6.12. The van der Waals surface area contributed by atoms with Crippen LogP contribution in [0.1, 0.15) is 0 Å². The van der Waals surface area contributed by atoms with E-state index in [-0.39, 0.29) is 0 Å². The summed E-state index contributed by atoms with van der Waals surface area (Å²) in [7, 11) is 0. The molecular formula is C41H26N2O2. The predicted molar refractivity (Wildman–Crippen MR) is 184 cm³/mol. The molecule has 0 atom stereocenters. The van der Waals surface area contributed by atoms with Crippen molar-refractivity contribution in [3.63, 3.8) is 0 Å². The number of furan rings is 1. The minimum Gasteiger partial charge on any atom is -0.456 e. The molecule has 0 saturated carbocycles. The summed E-state index contributed by atoms with van der Waals surface area (Å²) >= 11 is 0. The van der Waals surface area contributed by atoms with Crippen LogP contribution in [0.5, 0.6) is 0 Å². The van der Waals surface area contributed by atoms with Crippen molar-refractivity contribution in [1.82, 2.24) is 4.98 Å². The molecular weight excluding hydrogens is 552 g/mol. The van der Waals surface area contributed by atoms with Gasteiger partial charge in [-0.2, -0.15) is 0 Å². The van der Waals surface area contributed by atoms with Gasteiger partial charge in [-0.25, -0.2) is 4.98 Å². The van der Waals surface area contributed by atoms with Crippen molar-refractivity contribution in [1.29, 1.82) is 0 Å². The Morgan fingerprint density at radius 1 is 0.444 bits per heavy atom. The minimum absolute atomic E-state index is 0.622. The number of aromatic nitrogens is 1. The van der Waals surface area contributed by atoms with Crippen molar-refractivity contribution in [2.45, 2.75) is 0 Å². The van der Waals surface area contributed by atoms with Gasteiger partial charge in [0, 0.05) is 38.8 Å². The van der Waals surface area contributed by atoms with Crippen LogP contribution in [-0.4, -0.2) is 4.98 Å². The van der Waals surface area contributed by atoms with Crippen LogP contribution in [0.4, 0.5) is 17.1 Å². The van der Waals surface area contributed by atoms with Gasteiger partial charge in [-0.1, -0.05) is 91.0 Å². The van der Waals surface area contributed by atoms with Gasteiger partial charge < -0.3 is 13.7 Å². The normalized spacial score (nSPS) is 11.6. The Labute approximate surface area is 259 Å². The molecule has 2 aromatic heterocycles. The lowest BCUT2D eigenvalue weighted by Gasteiger charge is -2.26. The maximum absolute atomic E-state index is 6.22. The smallest absolute Gasteiger partial charge is 0.227 e. The van der Waals surface area contributed by atoms with E-state index in [0.717, 1.165) is 77.6 Å². The molecule has 0 aliphatic carbocycles. The monoisotopic (exact) mass is 578 g/mol. The molecule has 0 unspecified atom stereocenters. The molecule has 7 aromatic carbocycles. The highest BCUT2D eigenvalue weighted by atomic mass is 16.3. The van der Waals surface area contributed by atoms with E-state index in [4.69, 9.17) is 13.8 Å². The molecule has 0 amide bonds. The number of hydrogen-bond donors (Lipinski definition) is 0. The van der Waals surface area contributed by atoms with E-state index in [2.05, 4.69) is 102 Å². The van der Waals surface area contributed by atoms with Crippen LogP contribution in [-0.2, 0) is 0 Å². The van der Waals surface area contributed by atoms with Crippen molar-refractivity contribution < 1.29 is 8.83 Å². The zero-order chi connectivity index (χ0) is 29.7. The molecule has 4 heteroatoms. The van der Waals surface area contributed by atoms with Crippen LogP contribution in [0, 0.1) is 0 Å². The van der Waals surface area contributed by atoms with Crippen molar-refractivity contribution in [2.24, 2.45) is 0 Å². The van der Waals surface area contributed by atoms with E-state index in [1.807, 2.05) is 60.7 Å². The number of oxazole rings is 1. The molecule has 0 aliphatic heterocycles. The maximum Gasteiger partial charge on any atom is 0.227 e. The highest BCUT2D eigenvalue weighted by Crippen LogP contribution is 2.41. The summed E-state index contributed by atoms with van der Waals surface area (Å²) in [5.41, 5.74) is 9.80. The van der Waals surface area contributed by atoms with E-state index in [9.17, 15) is 0 Å². The second-order valence-electron chi connectivity index (χ2n) is 11.2. The van der Waals surface area contributed by atoms with E-state index in [1.54, 1.807) is 0 Å². The van der Waals surface area contributed by atoms with Gasteiger partial charge in [0.05, 0.1) is 0 Å².